The highest BCUT2D eigenvalue weighted by Gasteiger charge is 2.28. The Morgan fingerprint density at radius 1 is 1.18 bits per heavy atom. The number of nitrogens with two attached hydrogens (primary N) is 1. The Kier molecular flexibility index (Phi) is 5.08. The summed E-state index contributed by atoms with van der Waals surface area (Å²) in [7, 11) is 0. The third-order valence-electron chi connectivity index (χ3n) is 3.75. The predicted molar refractivity (Wildman–Crippen MR) is 76.7 cm³/mol. The second-order valence-corrected chi connectivity index (χ2v) is 5.28. The van der Waals surface area contributed by atoms with E-state index in [0.717, 1.165) is 0 Å². The Morgan fingerprint density at radius 3 is 2.32 bits per heavy atom. The Labute approximate surface area is 127 Å². The molecule has 1 aromatic carbocycles. The minimum Gasteiger partial charge on any atom is -0.369 e. The van der Waals surface area contributed by atoms with Crippen molar-refractivity contribution in [2.45, 2.75) is 19.4 Å². The number of piperidine rings is 1. The van der Waals surface area contributed by atoms with Crippen molar-refractivity contribution >= 4 is 17.7 Å². The Bertz CT molecular complexity index is 566. The fourth-order valence-electron chi connectivity index (χ4n) is 2.37. The lowest BCUT2D eigenvalue weighted by Crippen LogP contribution is -2.47. The summed E-state index contributed by atoms with van der Waals surface area (Å²) >= 11 is 0. The quantitative estimate of drug-likeness (QED) is 0.779. The molecule has 0 aromatic heterocycles. The largest absolute Gasteiger partial charge is 0.369 e. The van der Waals surface area contributed by atoms with Crippen LogP contribution in [0.2, 0.25) is 0 Å². The van der Waals surface area contributed by atoms with Crippen LogP contribution in [0.1, 0.15) is 18.4 Å². The summed E-state index contributed by atoms with van der Waals surface area (Å²) in [6.45, 7) is 0.843. The number of carbonyl (C=O) groups excluding carboxylic acids is 3. The van der Waals surface area contributed by atoms with Crippen molar-refractivity contribution in [3.63, 3.8) is 0 Å². The number of hydrogen-bond acceptors (Lipinski definition) is 3. The molecule has 0 bridgehead atoms. The van der Waals surface area contributed by atoms with Gasteiger partial charge in [-0.15, -0.1) is 0 Å². The zero-order valence-electron chi connectivity index (χ0n) is 12.0. The lowest BCUT2D eigenvalue weighted by molar-refractivity contribution is -0.147. The molecule has 1 aromatic rings. The molecule has 1 aliphatic heterocycles. The molecule has 0 spiro atoms. The highest BCUT2D eigenvalue weighted by atomic mass is 19.1. The highest BCUT2D eigenvalue weighted by molar-refractivity contribution is 6.35. The number of nitrogens with zero attached hydrogens (tertiary/aromatic N) is 1. The van der Waals surface area contributed by atoms with Gasteiger partial charge in [-0.25, -0.2) is 4.39 Å². The average molecular weight is 307 g/mol. The van der Waals surface area contributed by atoms with E-state index in [2.05, 4.69) is 5.32 Å². The first-order chi connectivity index (χ1) is 10.5. The van der Waals surface area contributed by atoms with Crippen LogP contribution in [0.15, 0.2) is 24.3 Å². The number of rotatable bonds is 3. The van der Waals surface area contributed by atoms with Gasteiger partial charge in [0.1, 0.15) is 5.82 Å². The van der Waals surface area contributed by atoms with Crippen molar-refractivity contribution < 1.29 is 18.8 Å². The van der Waals surface area contributed by atoms with Crippen LogP contribution in [0.4, 0.5) is 4.39 Å². The van der Waals surface area contributed by atoms with Gasteiger partial charge in [0.2, 0.25) is 5.91 Å². The molecule has 0 unspecified atom stereocenters. The lowest BCUT2D eigenvalue weighted by Gasteiger charge is -2.29. The fourth-order valence-corrected chi connectivity index (χ4v) is 2.37. The maximum atomic E-state index is 12.8. The third kappa shape index (κ3) is 4.03. The van der Waals surface area contributed by atoms with Gasteiger partial charge in [0.15, 0.2) is 0 Å². The van der Waals surface area contributed by atoms with Gasteiger partial charge in [0.25, 0.3) is 0 Å². The second-order valence-electron chi connectivity index (χ2n) is 5.28. The number of carbonyl (C=O) groups is 3. The molecule has 1 aliphatic rings. The lowest BCUT2D eigenvalue weighted by atomic mass is 9.96. The van der Waals surface area contributed by atoms with Crippen LogP contribution in [0, 0.1) is 11.7 Å². The molecule has 118 valence electrons. The number of benzene rings is 1. The Hall–Kier alpha value is -2.44. The van der Waals surface area contributed by atoms with E-state index in [1.54, 1.807) is 12.1 Å². The van der Waals surface area contributed by atoms with Gasteiger partial charge in [-0.1, -0.05) is 12.1 Å². The number of primary amides is 1. The second kappa shape index (κ2) is 7.02. The topological polar surface area (TPSA) is 92.5 Å². The monoisotopic (exact) mass is 307 g/mol. The molecule has 3 amide bonds. The van der Waals surface area contributed by atoms with Crippen LogP contribution < -0.4 is 11.1 Å². The first kappa shape index (κ1) is 15.9. The summed E-state index contributed by atoms with van der Waals surface area (Å²) < 4.78 is 12.8. The van der Waals surface area contributed by atoms with E-state index in [9.17, 15) is 18.8 Å². The normalized spacial score (nSPS) is 15.4. The van der Waals surface area contributed by atoms with Gasteiger partial charge < -0.3 is 16.0 Å². The van der Waals surface area contributed by atoms with Crippen molar-refractivity contribution in [1.29, 1.82) is 0 Å². The number of likely N-dealkylation sites (tertiary alicyclic amines) is 1. The van der Waals surface area contributed by atoms with E-state index in [0.29, 0.717) is 31.5 Å². The standard InChI is InChI=1S/C15H18FN3O3/c16-12-3-1-10(2-4-12)9-18-14(21)15(22)19-7-5-11(6-8-19)13(17)20/h1-4,11H,5-9H2,(H2,17,20)(H,18,21). The van der Waals surface area contributed by atoms with Crippen LogP contribution in [0.3, 0.4) is 0 Å². The molecular weight excluding hydrogens is 289 g/mol. The summed E-state index contributed by atoms with van der Waals surface area (Å²) in [5.41, 5.74) is 5.93. The molecule has 0 saturated carbocycles. The van der Waals surface area contributed by atoms with Crippen LogP contribution in [0.25, 0.3) is 0 Å². The molecule has 22 heavy (non-hydrogen) atoms. The van der Waals surface area contributed by atoms with E-state index < -0.39 is 11.8 Å². The van der Waals surface area contributed by atoms with Crippen molar-refractivity contribution in [2.24, 2.45) is 11.7 Å². The number of amides is 3. The van der Waals surface area contributed by atoms with E-state index >= 15 is 0 Å². The maximum absolute atomic E-state index is 12.8. The molecule has 0 aliphatic carbocycles. The number of hydrogen-bond donors (Lipinski definition) is 2. The molecule has 3 N–H and O–H groups in total. The molecule has 1 saturated heterocycles. The van der Waals surface area contributed by atoms with Crippen molar-refractivity contribution in [3.8, 4) is 0 Å². The van der Waals surface area contributed by atoms with Gasteiger partial charge in [-0.3, -0.25) is 14.4 Å². The minimum absolute atomic E-state index is 0.155. The molecule has 1 fully saturated rings. The number of halogens is 1. The zero-order chi connectivity index (χ0) is 16.1. The molecular formula is C15H18FN3O3. The first-order valence-electron chi connectivity index (χ1n) is 7.08. The Morgan fingerprint density at radius 2 is 1.77 bits per heavy atom. The maximum Gasteiger partial charge on any atom is 0.311 e. The van der Waals surface area contributed by atoms with Crippen LogP contribution in [0.5, 0.6) is 0 Å². The molecule has 6 nitrogen and oxygen atoms in total. The summed E-state index contributed by atoms with van der Waals surface area (Å²) in [6, 6.07) is 5.66. The molecule has 2 rings (SSSR count). The Balaban J connectivity index is 1.81. The van der Waals surface area contributed by atoms with Gasteiger partial charge in [-0.2, -0.15) is 0 Å². The van der Waals surface area contributed by atoms with Crippen molar-refractivity contribution in [3.05, 3.63) is 35.6 Å². The molecule has 7 heteroatoms. The van der Waals surface area contributed by atoms with E-state index in [-0.39, 0.29) is 24.2 Å². The SMILES string of the molecule is NC(=O)C1CCN(C(=O)C(=O)NCc2ccc(F)cc2)CC1. The van der Waals surface area contributed by atoms with Gasteiger partial charge in [-0.05, 0) is 30.5 Å². The minimum atomic E-state index is -0.707. The summed E-state index contributed by atoms with van der Waals surface area (Å²) in [4.78, 5) is 36.3. The average Bonchev–Trinajstić information content (AvgIpc) is 2.53. The van der Waals surface area contributed by atoms with Gasteiger partial charge in [0, 0.05) is 25.6 Å². The van der Waals surface area contributed by atoms with E-state index in [4.69, 9.17) is 5.73 Å². The first-order valence-corrected chi connectivity index (χ1v) is 7.08. The predicted octanol–water partition coefficient (Wildman–Crippen LogP) is 0.166. The molecule has 1 heterocycles. The summed E-state index contributed by atoms with van der Waals surface area (Å²) in [5.74, 6) is -2.28. The summed E-state index contributed by atoms with van der Waals surface area (Å²) in [6.07, 6.45) is 0.957. The highest BCUT2D eigenvalue weighted by Crippen LogP contribution is 2.16. The summed E-state index contributed by atoms with van der Waals surface area (Å²) in [5, 5.41) is 2.51. The van der Waals surface area contributed by atoms with Gasteiger partial charge >= 0.3 is 11.8 Å². The molecule has 0 atom stereocenters. The van der Waals surface area contributed by atoms with Crippen LogP contribution >= 0.6 is 0 Å². The fraction of sp³-hybridized carbons (Fsp3) is 0.400. The van der Waals surface area contributed by atoms with Crippen LogP contribution in [-0.2, 0) is 20.9 Å². The van der Waals surface area contributed by atoms with Gasteiger partial charge in [0.05, 0.1) is 0 Å². The third-order valence-corrected chi connectivity index (χ3v) is 3.75. The van der Waals surface area contributed by atoms with Crippen molar-refractivity contribution in [1.82, 2.24) is 10.2 Å². The number of nitrogens with one attached hydrogen (secondary N) is 1. The van der Waals surface area contributed by atoms with E-state index in [1.165, 1.54) is 17.0 Å². The molecule has 0 radical (unpaired) electrons. The van der Waals surface area contributed by atoms with Crippen molar-refractivity contribution in [2.75, 3.05) is 13.1 Å². The van der Waals surface area contributed by atoms with E-state index in [1.807, 2.05) is 0 Å². The zero-order valence-corrected chi connectivity index (χ0v) is 12.0. The van der Waals surface area contributed by atoms with Crippen LogP contribution in [-0.4, -0.2) is 35.7 Å². The smallest absolute Gasteiger partial charge is 0.311 e.